The van der Waals surface area contributed by atoms with Crippen LogP contribution in [0.1, 0.15) is 22.5 Å². The van der Waals surface area contributed by atoms with Crippen molar-refractivity contribution < 1.29 is 13.9 Å². The van der Waals surface area contributed by atoms with Crippen LogP contribution in [0.3, 0.4) is 0 Å². The highest BCUT2D eigenvalue weighted by Gasteiger charge is 2.17. The molecule has 0 bridgehead atoms. The number of furan rings is 1. The van der Waals surface area contributed by atoms with Gasteiger partial charge in [0.25, 0.3) is 0 Å². The van der Waals surface area contributed by atoms with Gasteiger partial charge in [-0.15, -0.1) is 0 Å². The minimum atomic E-state index is -0.192. The summed E-state index contributed by atoms with van der Waals surface area (Å²) >= 11 is 0. The number of benzene rings is 3. The van der Waals surface area contributed by atoms with Crippen molar-refractivity contribution in [1.82, 2.24) is 4.90 Å². The van der Waals surface area contributed by atoms with Crippen LogP contribution in [-0.4, -0.2) is 10.9 Å². The Morgan fingerprint density at radius 1 is 0.875 bits per heavy atom. The number of carbonyl (C=O) groups excluding carboxylic acids is 1. The fraction of sp³-hybridized carbons (Fsp3) is 0.148. The highest BCUT2D eigenvalue weighted by Crippen LogP contribution is 2.19. The Hall–Kier alpha value is -3.99. The normalized spacial score (nSPS) is 10.5. The molecule has 1 N–H and O–H groups in total. The molecule has 0 aliphatic carbocycles. The van der Waals surface area contributed by atoms with Crippen molar-refractivity contribution in [2.45, 2.75) is 26.6 Å². The Kier molecular flexibility index (Phi) is 6.88. The van der Waals surface area contributed by atoms with E-state index in [0.717, 1.165) is 33.9 Å². The number of amides is 2. The van der Waals surface area contributed by atoms with Crippen LogP contribution in [0.25, 0.3) is 0 Å². The fourth-order valence-electron chi connectivity index (χ4n) is 3.41. The van der Waals surface area contributed by atoms with Gasteiger partial charge in [-0.3, -0.25) is 0 Å². The summed E-state index contributed by atoms with van der Waals surface area (Å²) < 4.78 is 11.4. The summed E-state index contributed by atoms with van der Waals surface area (Å²) in [4.78, 5) is 14.8. The van der Waals surface area contributed by atoms with E-state index in [1.54, 1.807) is 11.2 Å². The summed E-state index contributed by atoms with van der Waals surface area (Å²) in [6.07, 6.45) is 1.62. The number of aryl methyl sites for hydroxylation is 1. The minimum absolute atomic E-state index is 0.192. The monoisotopic (exact) mass is 426 g/mol. The molecule has 0 fully saturated rings. The van der Waals surface area contributed by atoms with E-state index in [1.165, 1.54) is 0 Å². The molecule has 0 saturated carbocycles. The first kappa shape index (κ1) is 21.2. The lowest BCUT2D eigenvalue weighted by Crippen LogP contribution is -2.34. The Morgan fingerprint density at radius 2 is 1.69 bits per heavy atom. The number of hydrogen-bond acceptors (Lipinski definition) is 3. The van der Waals surface area contributed by atoms with E-state index in [9.17, 15) is 4.79 Å². The summed E-state index contributed by atoms with van der Waals surface area (Å²) in [6.45, 7) is 3.27. The average molecular weight is 427 g/mol. The van der Waals surface area contributed by atoms with Crippen LogP contribution in [0, 0.1) is 6.92 Å². The van der Waals surface area contributed by atoms with Crippen molar-refractivity contribution in [1.29, 1.82) is 0 Å². The number of hydrogen-bond donors (Lipinski definition) is 1. The Morgan fingerprint density at radius 3 is 2.47 bits per heavy atom. The predicted octanol–water partition coefficient (Wildman–Crippen LogP) is 6.40. The lowest BCUT2D eigenvalue weighted by Gasteiger charge is -2.23. The molecule has 0 spiro atoms. The molecule has 0 aliphatic rings. The van der Waals surface area contributed by atoms with Crippen molar-refractivity contribution in [2.75, 3.05) is 5.32 Å². The number of carbonyl (C=O) groups is 1. The number of ether oxygens (including phenoxy) is 1. The van der Waals surface area contributed by atoms with Crippen LogP contribution < -0.4 is 10.1 Å². The van der Waals surface area contributed by atoms with Crippen LogP contribution in [0.4, 0.5) is 10.5 Å². The van der Waals surface area contributed by atoms with Crippen molar-refractivity contribution >= 4 is 11.7 Å². The van der Waals surface area contributed by atoms with Crippen LogP contribution in [0.15, 0.2) is 102 Å². The first-order valence-electron chi connectivity index (χ1n) is 10.6. The smallest absolute Gasteiger partial charge is 0.322 e. The van der Waals surface area contributed by atoms with Gasteiger partial charge in [-0.25, -0.2) is 4.79 Å². The number of nitrogens with zero attached hydrogens (tertiary/aromatic N) is 1. The topological polar surface area (TPSA) is 54.7 Å². The molecule has 0 aliphatic heterocycles. The third kappa shape index (κ3) is 6.01. The zero-order valence-electron chi connectivity index (χ0n) is 18.0. The van der Waals surface area contributed by atoms with Gasteiger partial charge >= 0.3 is 6.03 Å². The number of nitrogens with one attached hydrogen (secondary N) is 1. The van der Waals surface area contributed by atoms with Crippen LogP contribution >= 0.6 is 0 Å². The molecular weight excluding hydrogens is 400 g/mol. The summed E-state index contributed by atoms with van der Waals surface area (Å²) in [6, 6.07) is 29.1. The number of anilines is 1. The Labute approximate surface area is 188 Å². The van der Waals surface area contributed by atoms with E-state index in [0.29, 0.717) is 19.7 Å². The standard InChI is InChI=1S/C27H26N2O3/c1-21-8-5-12-24(16-21)28-27(30)29(19-26-14-7-15-31-26)18-23-11-6-13-25(17-23)32-20-22-9-3-2-4-10-22/h2-17H,18-20H2,1H3,(H,28,30). The van der Waals surface area contributed by atoms with Gasteiger partial charge in [-0.2, -0.15) is 0 Å². The maximum absolute atomic E-state index is 13.1. The van der Waals surface area contributed by atoms with Gasteiger partial charge in [-0.1, -0.05) is 54.6 Å². The third-order valence-corrected chi connectivity index (χ3v) is 5.00. The summed E-state index contributed by atoms with van der Waals surface area (Å²) in [5, 5.41) is 2.99. The van der Waals surface area contributed by atoms with Gasteiger partial charge in [-0.05, 0) is 60.0 Å². The quantitative estimate of drug-likeness (QED) is 0.355. The van der Waals surface area contributed by atoms with Crippen molar-refractivity contribution in [3.8, 4) is 5.75 Å². The molecule has 5 heteroatoms. The fourth-order valence-corrected chi connectivity index (χ4v) is 3.41. The van der Waals surface area contributed by atoms with Crippen molar-refractivity contribution in [3.63, 3.8) is 0 Å². The second-order valence-corrected chi connectivity index (χ2v) is 7.66. The molecule has 2 amide bonds. The maximum Gasteiger partial charge on any atom is 0.322 e. The van der Waals surface area contributed by atoms with E-state index >= 15 is 0 Å². The zero-order valence-corrected chi connectivity index (χ0v) is 18.0. The van der Waals surface area contributed by atoms with Crippen LogP contribution in [0.5, 0.6) is 5.75 Å². The molecule has 0 unspecified atom stereocenters. The SMILES string of the molecule is Cc1cccc(NC(=O)N(Cc2cccc(OCc3ccccc3)c2)Cc2ccco2)c1. The van der Waals surface area contributed by atoms with Crippen LogP contribution in [-0.2, 0) is 19.7 Å². The minimum Gasteiger partial charge on any atom is -0.489 e. The van der Waals surface area contributed by atoms with Gasteiger partial charge in [0, 0.05) is 12.2 Å². The van der Waals surface area contributed by atoms with Crippen molar-refractivity contribution in [2.24, 2.45) is 0 Å². The predicted molar refractivity (Wildman–Crippen MR) is 125 cm³/mol. The highest BCUT2D eigenvalue weighted by atomic mass is 16.5. The lowest BCUT2D eigenvalue weighted by molar-refractivity contribution is 0.201. The largest absolute Gasteiger partial charge is 0.489 e. The number of urea groups is 1. The maximum atomic E-state index is 13.1. The molecule has 0 atom stereocenters. The van der Waals surface area contributed by atoms with E-state index in [4.69, 9.17) is 9.15 Å². The van der Waals surface area contributed by atoms with Gasteiger partial charge in [0.2, 0.25) is 0 Å². The molecule has 32 heavy (non-hydrogen) atoms. The van der Waals surface area contributed by atoms with Gasteiger partial charge in [0.05, 0.1) is 12.8 Å². The number of rotatable bonds is 8. The zero-order chi connectivity index (χ0) is 22.2. The van der Waals surface area contributed by atoms with Gasteiger partial charge in [0.1, 0.15) is 18.1 Å². The molecule has 0 saturated heterocycles. The summed E-state index contributed by atoms with van der Waals surface area (Å²) in [5.41, 5.74) is 3.93. The highest BCUT2D eigenvalue weighted by molar-refractivity contribution is 5.89. The average Bonchev–Trinajstić information content (AvgIpc) is 3.31. The van der Waals surface area contributed by atoms with Gasteiger partial charge < -0.3 is 19.4 Å². The first-order valence-corrected chi connectivity index (χ1v) is 10.6. The Bertz CT molecular complexity index is 1140. The molecule has 4 aromatic rings. The Balaban J connectivity index is 1.47. The molecule has 162 valence electrons. The second-order valence-electron chi connectivity index (χ2n) is 7.66. The first-order chi connectivity index (χ1) is 15.7. The molecule has 4 rings (SSSR count). The molecule has 3 aromatic carbocycles. The van der Waals surface area contributed by atoms with Crippen LogP contribution in [0.2, 0.25) is 0 Å². The van der Waals surface area contributed by atoms with E-state index in [-0.39, 0.29) is 6.03 Å². The molecule has 1 heterocycles. The lowest BCUT2D eigenvalue weighted by atomic mass is 10.2. The summed E-state index contributed by atoms with van der Waals surface area (Å²) in [7, 11) is 0. The van der Waals surface area contributed by atoms with E-state index in [1.807, 2.05) is 97.9 Å². The molecule has 1 aromatic heterocycles. The molecule has 0 radical (unpaired) electrons. The van der Waals surface area contributed by atoms with E-state index in [2.05, 4.69) is 5.32 Å². The van der Waals surface area contributed by atoms with Gasteiger partial charge in [0.15, 0.2) is 0 Å². The summed E-state index contributed by atoms with van der Waals surface area (Å²) in [5.74, 6) is 1.49. The van der Waals surface area contributed by atoms with Crippen molar-refractivity contribution in [3.05, 3.63) is 120 Å². The molecule has 5 nitrogen and oxygen atoms in total. The molecular formula is C27H26N2O3. The second kappa shape index (κ2) is 10.4. The third-order valence-electron chi connectivity index (χ3n) is 5.00. The van der Waals surface area contributed by atoms with E-state index < -0.39 is 0 Å².